The topological polar surface area (TPSA) is 20.3 Å². The molecular weight excluding hydrogens is 194 g/mol. The monoisotopic (exact) mass is 205 g/mol. The smallest absolute Gasteiger partial charge is 0.222 e. The predicted molar refractivity (Wildman–Crippen MR) is 44.2 cm³/mol. The Balaban J connectivity index is 2.39. The number of alkyl halides is 1. The Kier molecular flexibility index (Phi) is 2.72. The highest BCUT2D eigenvalue weighted by Crippen LogP contribution is 2.16. The molecule has 1 fully saturated rings. The predicted octanol–water partition coefficient (Wildman–Crippen LogP) is 1.25. The van der Waals surface area contributed by atoms with Crippen molar-refractivity contribution < 1.29 is 4.79 Å². The molecule has 2 nitrogen and oxygen atoms in total. The molecule has 1 rings (SSSR count). The standard InChI is InChI=1S/C7H12BrNO/c1-6-4-7(10)9(5-6)3-2-8/h6H,2-5H2,1H3. The molecule has 58 valence electrons. The molecular formula is C7H12BrNO. The molecule has 1 atom stereocenters. The molecule has 1 aliphatic heterocycles. The Bertz CT molecular complexity index is 138. The van der Waals surface area contributed by atoms with Crippen LogP contribution in [0, 0.1) is 5.92 Å². The first-order valence-corrected chi connectivity index (χ1v) is 4.70. The lowest BCUT2D eigenvalue weighted by Crippen LogP contribution is -2.26. The fourth-order valence-electron chi connectivity index (χ4n) is 1.29. The molecule has 0 saturated carbocycles. The van der Waals surface area contributed by atoms with Crippen LogP contribution >= 0.6 is 15.9 Å². The first-order valence-electron chi connectivity index (χ1n) is 3.57. The number of carbonyl (C=O) groups is 1. The van der Waals surface area contributed by atoms with E-state index in [2.05, 4.69) is 22.9 Å². The van der Waals surface area contributed by atoms with Crippen molar-refractivity contribution in [3.05, 3.63) is 0 Å². The second-order valence-corrected chi connectivity index (χ2v) is 3.63. The van der Waals surface area contributed by atoms with Crippen molar-refractivity contribution in [2.75, 3.05) is 18.4 Å². The summed E-state index contributed by atoms with van der Waals surface area (Å²) in [4.78, 5) is 13.0. The zero-order valence-electron chi connectivity index (χ0n) is 6.14. The van der Waals surface area contributed by atoms with E-state index in [0.29, 0.717) is 11.8 Å². The van der Waals surface area contributed by atoms with Gasteiger partial charge < -0.3 is 4.90 Å². The maximum atomic E-state index is 11.1. The SMILES string of the molecule is CC1CC(=O)N(CCBr)C1. The van der Waals surface area contributed by atoms with Crippen LogP contribution in [-0.4, -0.2) is 29.2 Å². The quantitative estimate of drug-likeness (QED) is 0.622. The van der Waals surface area contributed by atoms with Crippen molar-refractivity contribution in [2.45, 2.75) is 13.3 Å². The summed E-state index contributed by atoms with van der Waals surface area (Å²) in [7, 11) is 0. The summed E-state index contributed by atoms with van der Waals surface area (Å²) in [5, 5.41) is 0.894. The Labute approximate surface area is 69.7 Å². The van der Waals surface area contributed by atoms with E-state index in [4.69, 9.17) is 0 Å². The molecule has 0 aromatic rings. The van der Waals surface area contributed by atoms with E-state index in [9.17, 15) is 4.79 Å². The number of nitrogens with zero attached hydrogens (tertiary/aromatic N) is 1. The van der Waals surface area contributed by atoms with Gasteiger partial charge in [0, 0.05) is 24.8 Å². The number of rotatable bonds is 2. The normalized spacial score (nSPS) is 26.0. The minimum atomic E-state index is 0.312. The molecule has 0 aliphatic carbocycles. The van der Waals surface area contributed by atoms with E-state index in [-0.39, 0.29) is 0 Å². The first kappa shape index (κ1) is 8.05. The van der Waals surface area contributed by atoms with Crippen LogP contribution in [0.25, 0.3) is 0 Å². The molecule has 3 heteroatoms. The minimum absolute atomic E-state index is 0.312. The van der Waals surface area contributed by atoms with Crippen molar-refractivity contribution in [2.24, 2.45) is 5.92 Å². The molecule has 0 spiro atoms. The highest BCUT2D eigenvalue weighted by molar-refractivity contribution is 9.09. The lowest BCUT2D eigenvalue weighted by atomic mass is 10.2. The lowest BCUT2D eigenvalue weighted by Gasteiger charge is -2.13. The maximum absolute atomic E-state index is 11.1. The molecule has 1 amide bonds. The number of hydrogen-bond donors (Lipinski definition) is 0. The number of carbonyl (C=O) groups excluding carboxylic acids is 1. The van der Waals surface area contributed by atoms with Gasteiger partial charge in [-0.2, -0.15) is 0 Å². The molecule has 10 heavy (non-hydrogen) atoms. The number of halogens is 1. The second-order valence-electron chi connectivity index (χ2n) is 2.84. The molecule has 0 aromatic heterocycles. The Morgan fingerprint density at radius 1 is 1.80 bits per heavy atom. The van der Waals surface area contributed by atoms with Crippen LogP contribution in [0.3, 0.4) is 0 Å². The summed E-state index contributed by atoms with van der Waals surface area (Å²) < 4.78 is 0. The highest BCUT2D eigenvalue weighted by Gasteiger charge is 2.25. The van der Waals surface area contributed by atoms with Crippen LogP contribution < -0.4 is 0 Å². The molecule has 0 bridgehead atoms. The van der Waals surface area contributed by atoms with Crippen molar-refractivity contribution >= 4 is 21.8 Å². The van der Waals surface area contributed by atoms with Crippen LogP contribution in [0.15, 0.2) is 0 Å². The van der Waals surface area contributed by atoms with Crippen LogP contribution in [0.1, 0.15) is 13.3 Å². The van der Waals surface area contributed by atoms with Gasteiger partial charge in [-0.25, -0.2) is 0 Å². The molecule has 1 heterocycles. The zero-order valence-corrected chi connectivity index (χ0v) is 7.73. The molecule has 0 radical (unpaired) electrons. The van der Waals surface area contributed by atoms with Crippen LogP contribution in [0.5, 0.6) is 0 Å². The van der Waals surface area contributed by atoms with Gasteiger partial charge in [-0.05, 0) is 5.92 Å². The third kappa shape index (κ3) is 1.72. The summed E-state index contributed by atoms with van der Waals surface area (Å²) >= 11 is 3.31. The van der Waals surface area contributed by atoms with Gasteiger partial charge in [0.2, 0.25) is 5.91 Å². The van der Waals surface area contributed by atoms with Crippen molar-refractivity contribution in [3.8, 4) is 0 Å². The Morgan fingerprint density at radius 3 is 2.90 bits per heavy atom. The third-order valence-electron chi connectivity index (χ3n) is 1.76. The van der Waals surface area contributed by atoms with E-state index in [1.807, 2.05) is 4.90 Å². The van der Waals surface area contributed by atoms with Crippen molar-refractivity contribution in [3.63, 3.8) is 0 Å². The highest BCUT2D eigenvalue weighted by atomic mass is 79.9. The average molecular weight is 206 g/mol. The summed E-state index contributed by atoms with van der Waals surface area (Å²) in [6, 6.07) is 0. The summed E-state index contributed by atoms with van der Waals surface area (Å²) in [5.41, 5.74) is 0. The summed E-state index contributed by atoms with van der Waals surface area (Å²) in [6.45, 7) is 3.93. The molecule has 1 aliphatic rings. The van der Waals surface area contributed by atoms with E-state index >= 15 is 0 Å². The van der Waals surface area contributed by atoms with Crippen LogP contribution in [-0.2, 0) is 4.79 Å². The van der Waals surface area contributed by atoms with Gasteiger partial charge in [0.05, 0.1) is 0 Å². The number of amides is 1. The third-order valence-corrected chi connectivity index (χ3v) is 2.12. The fourth-order valence-corrected chi connectivity index (χ4v) is 1.72. The van der Waals surface area contributed by atoms with Gasteiger partial charge in [0.1, 0.15) is 0 Å². The van der Waals surface area contributed by atoms with Gasteiger partial charge in [-0.1, -0.05) is 22.9 Å². The van der Waals surface area contributed by atoms with Gasteiger partial charge >= 0.3 is 0 Å². The van der Waals surface area contributed by atoms with Crippen LogP contribution in [0.2, 0.25) is 0 Å². The molecule has 0 aromatic carbocycles. The summed E-state index contributed by atoms with van der Waals surface area (Å²) in [6.07, 6.45) is 0.743. The van der Waals surface area contributed by atoms with Gasteiger partial charge in [-0.15, -0.1) is 0 Å². The van der Waals surface area contributed by atoms with Gasteiger partial charge in [0.25, 0.3) is 0 Å². The Hall–Kier alpha value is -0.0500. The fraction of sp³-hybridized carbons (Fsp3) is 0.857. The zero-order chi connectivity index (χ0) is 7.56. The van der Waals surface area contributed by atoms with Crippen molar-refractivity contribution in [1.82, 2.24) is 4.90 Å². The van der Waals surface area contributed by atoms with E-state index in [1.54, 1.807) is 0 Å². The summed E-state index contributed by atoms with van der Waals surface area (Å²) in [5.74, 6) is 0.874. The number of likely N-dealkylation sites (tertiary alicyclic amines) is 1. The molecule has 1 saturated heterocycles. The largest absolute Gasteiger partial charge is 0.342 e. The van der Waals surface area contributed by atoms with Crippen molar-refractivity contribution in [1.29, 1.82) is 0 Å². The lowest BCUT2D eigenvalue weighted by molar-refractivity contribution is -0.127. The van der Waals surface area contributed by atoms with Gasteiger partial charge in [0.15, 0.2) is 0 Å². The number of hydrogen-bond acceptors (Lipinski definition) is 1. The van der Waals surface area contributed by atoms with Crippen LogP contribution in [0.4, 0.5) is 0 Å². The molecule has 1 unspecified atom stereocenters. The van der Waals surface area contributed by atoms with E-state index in [0.717, 1.165) is 24.8 Å². The van der Waals surface area contributed by atoms with E-state index < -0.39 is 0 Å². The van der Waals surface area contributed by atoms with Gasteiger partial charge in [-0.3, -0.25) is 4.79 Å². The Morgan fingerprint density at radius 2 is 2.50 bits per heavy atom. The average Bonchev–Trinajstić information content (AvgIpc) is 2.13. The second kappa shape index (κ2) is 3.37. The first-order chi connectivity index (χ1) is 4.74. The maximum Gasteiger partial charge on any atom is 0.222 e. The molecule has 0 N–H and O–H groups in total. The van der Waals surface area contributed by atoms with E-state index in [1.165, 1.54) is 0 Å². The minimum Gasteiger partial charge on any atom is -0.342 e.